The third kappa shape index (κ3) is 3.80. The fourth-order valence-electron chi connectivity index (χ4n) is 2.43. The van der Waals surface area contributed by atoms with Crippen molar-refractivity contribution in [2.24, 2.45) is 0 Å². The van der Waals surface area contributed by atoms with E-state index in [0.717, 1.165) is 12.1 Å². The first-order valence-electron chi connectivity index (χ1n) is 7.25. The molecule has 0 N–H and O–H groups in total. The molecule has 114 valence electrons. The van der Waals surface area contributed by atoms with Gasteiger partial charge in [-0.1, -0.05) is 6.07 Å². The van der Waals surface area contributed by atoms with E-state index >= 15 is 0 Å². The molecule has 0 saturated carbocycles. The average Bonchev–Trinajstić information content (AvgIpc) is 2.85. The maximum atomic E-state index is 12.5. The molecule has 2 heterocycles. The van der Waals surface area contributed by atoms with Crippen LogP contribution < -0.4 is 0 Å². The molecule has 0 unspecified atom stereocenters. The summed E-state index contributed by atoms with van der Waals surface area (Å²) in [4.78, 5) is 30.6. The number of hydrogen-bond donors (Lipinski definition) is 0. The maximum absolute atomic E-state index is 12.5. The lowest BCUT2D eigenvalue weighted by Crippen LogP contribution is -2.43. The van der Waals surface area contributed by atoms with Crippen molar-refractivity contribution in [1.82, 2.24) is 9.88 Å². The summed E-state index contributed by atoms with van der Waals surface area (Å²) in [7, 11) is 0. The molecule has 1 aliphatic rings. The molecule has 1 aromatic rings. The molecule has 21 heavy (non-hydrogen) atoms. The smallest absolute Gasteiger partial charge is 0.329 e. The van der Waals surface area contributed by atoms with Crippen LogP contribution in [0.5, 0.6) is 0 Å². The molecule has 1 atom stereocenters. The van der Waals surface area contributed by atoms with Crippen LogP contribution in [0.4, 0.5) is 0 Å². The lowest BCUT2D eigenvalue weighted by Gasteiger charge is -2.27. The second kappa shape index (κ2) is 5.84. The van der Waals surface area contributed by atoms with Crippen molar-refractivity contribution in [3.63, 3.8) is 0 Å². The first kappa shape index (κ1) is 15.5. The van der Waals surface area contributed by atoms with Gasteiger partial charge in [-0.25, -0.2) is 9.78 Å². The molecular weight excluding hydrogens is 268 g/mol. The number of pyridine rings is 1. The second-order valence-corrected chi connectivity index (χ2v) is 6.35. The molecule has 5 nitrogen and oxygen atoms in total. The Hall–Kier alpha value is -1.91. The van der Waals surface area contributed by atoms with E-state index in [9.17, 15) is 9.59 Å². The summed E-state index contributed by atoms with van der Waals surface area (Å²) in [5, 5.41) is 0. The zero-order chi connectivity index (χ0) is 15.6. The van der Waals surface area contributed by atoms with E-state index < -0.39 is 11.6 Å². The summed E-state index contributed by atoms with van der Waals surface area (Å²) in [5.74, 6) is -0.534. The normalized spacial score (nSPS) is 18.7. The Morgan fingerprint density at radius 2 is 2.05 bits per heavy atom. The number of amides is 1. The number of aromatic nitrogens is 1. The number of aryl methyl sites for hydroxylation is 1. The predicted octanol–water partition coefficient (Wildman–Crippen LogP) is 2.34. The Labute approximate surface area is 125 Å². The van der Waals surface area contributed by atoms with Crippen LogP contribution in [0, 0.1) is 6.92 Å². The summed E-state index contributed by atoms with van der Waals surface area (Å²) < 4.78 is 5.41. The maximum Gasteiger partial charge on any atom is 0.329 e. The molecule has 1 amide bonds. The van der Waals surface area contributed by atoms with Crippen molar-refractivity contribution in [1.29, 1.82) is 0 Å². The number of rotatable bonds is 2. The minimum Gasteiger partial charge on any atom is -0.458 e. The average molecular weight is 290 g/mol. The third-order valence-corrected chi connectivity index (χ3v) is 3.30. The zero-order valence-electron chi connectivity index (χ0n) is 13.0. The molecule has 1 aromatic heterocycles. The van der Waals surface area contributed by atoms with E-state index in [1.807, 2.05) is 33.8 Å². The van der Waals surface area contributed by atoms with E-state index in [2.05, 4.69) is 4.98 Å². The highest BCUT2D eigenvalue weighted by molar-refractivity contribution is 5.95. The van der Waals surface area contributed by atoms with Gasteiger partial charge in [0, 0.05) is 12.2 Å². The van der Waals surface area contributed by atoms with Crippen LogP contribution in [0.2, 0.25) is 0 Å². The first-order chi connectivity index (χ1) is 9.78. The summed E-state index contributed by atoms with van der Waals surface area (Å²) in [6.45, 7) is 7.89. The molecule has 0 aliphatic carbocycles. The summed E-state index contributed by atoms with van der Waals surface area (Å²) in [6.07, 6.45) is 1.45. The van der Waals surface area contributed by atoms with Gasteiger partial charge in [-0.05, 0) is 52.7 Å². The van der Waals surface area contributed by atoms with Crippen LogP contribution in [0.3, 0.4) is 0 Å². The Morgan fingerprint density at radius 3 is 2.67 bits per heavy atom. The Morgan fingerprint density at radius 1 is 1.33 bits per heavy atom. The summed E-state index contributed by atoms with van der Waals surface area (Å²) >= 11 is 0. The van der Waals surface area contributed by atoms with E-state index in [1.54, 1.807) is 17.0 Å². The van der Waals surface area contributed by atoms with E-state index in [1.165, 1.54) is 0 Å². The van der Waals surface area contributed by atoms with Crippen molar-refractivity contribution < 1.29 is 14.3 Å². The van der Waals surface area contributed by atoms with Crippen LogP contribution >= 0.6 is 0 Å². The fourth-order valence-corrected chi connectivity index (χ4v) is 2.43. The van der Waals surface area contributed by atoms with E-state index in [-0.39, 0.29) is 11.9 Å². The molecule has 0 bridgehead atoms. The minimum absolute atomic E-state index is 0.202. The third-order valence-electron chi connectivity index (χ3n) is 3.30. The van der Waals surface area contributed by atoms with Gasteiger partial charge in [-0.2, -0.15) is 0 Å². The molecule has 5 heteroatoms. The largest absolute Gasteiger partial charge is 0.458 e. The molecule has 1 saturated heterocycles. The topological polar surface area (TPSA) is 59.5 Å². The number of carbonyl (C=O) groups excluding carboxylic acids is 2. The number of carbonyl (C=O) groups is 2. The van der Waals surface area contributed by atoms with Crippen LogP contribution in [-0.4, -0.2) is 39.9 Å². The van der Waals surface area contributed by atoms with Gasteiger partial charge in [-0.15, -0.1) is 0 Å². The van der Waals surface area contributed by atoms with Crippen molar-refractivity contribution in [3.8, 4) is 0 Å². The summed E-state index contributed by atoms with van der Waals surface area (Å²) in [5.41, 5.74) is 0.620. The van der Waals surface area contributed by atoms with E-state index in [0.29, 0.717) is 18.7 Å². The minimum atomic E-state index is -0.546. The lowest BCUT2D eigenvalue weighted by molar-refractivity contribution is -0.159. The van der Waals surface area contributed by atoms with Gasteiger partial charge in [0.1, 0.15) is 17.3 Å². The van der Waals surface area contributed by atoms with Gasteiger partial charge in [0.15, 0.2) is 0 Å². The Balaban J connectivity index is 2.15. The second-order valence-electron chi connectivity index (χ2n) is 6.35. The van der Waals surface area contributed by atoms with Crippen LogP contribution in [-0.2, 0) is 9.53 Å². The van der Waals surface area contributed by atoms with Crippen molar-refractivity contribution in [3.05, 3.63) is 29.6 Å². The molecule has 0 spiro atoms. The molecule has 2 rings (SSSR count). The molecule has 1 fully saturated rings. The highest BCUT2D eigenvalue weighted by atomic mass is 16.6. The van der Waals surface area contributed by atoms with Crippen LogP contribution in [0.1, 0.15) is 49.8 Å². The molecule has 0 aromatic carbocycles. The van der Waals surface area contributed by atoms with Gasteiger partial charge in [-0.3, -0.25) is 4.79 Å². The van der Waals surface area contributed by atoms with Gasteiger partial charge >= 0.3 is 5.97 Å². The number of ether oxygens (including phenoxy) is 1. The molecular formula is C16H22N2O3. The number of nitrogens with zero attached hydrogens (tertiary/aromatic N) is 2. The fraction of sp³-hybridized carbons (Fsp3) is 0.562. The Kier molecular flexibility index (Phi) is 4.30. The number of esters is 1. The lowest BCUT2D eigenvalue weighted by atomic mass is 10.1. The predicted molar refractivity (Wildman–Crippen MR) is 78.9 cm³/mol. The monoisotopic (exact) mass is 290 g/mol. The first-order valence-corrected chi connectivity index (χ1v) is 7.25. The Bertz CT molecular complexity index is 549. The van der Waals surface area contributed by atoms with Crippen molar-refractivity contribution in [2.45, 2.75) is 52.2 Å². The highest BCUT2D eigenvalue weighted by Gasteiger charge is 2.37. The van der Waals surface area contributed by atoms with Crippen LogP contribution in [0.25, 0.3) is 0 Å². The van der Waals surface area contributed by atoms with Crippen molar-refractivity contribution >= 4 is 11.9 Å². The van der Waals surface area contributed by atoms with Gasteiger partial charge in [0.05, 0.1) is 0 Å². The van der Waals surface area contributed by atoms with Crippen molar-refractivity contribution in [2.75, 3.05) is 6.54 Å². The quantitative estimate of drug-likeness (QED) is 0.784. The molecule has 0 radical (unpaired) electrons. The zero-order valence-corrected chi connectivity index (χ0v) is 13.0. The number of likely N-dealkylation sites (tertiary alicyclic amines) is 1. The van der Waals surface area contributed by atoms with Gasteiger partial charge in [0.2, 0.25) is 0 Å². The highest BCUT2D eigenvalue weighted by Crippen LogP contribution is 2.22. The number of hydrogen-bond acceptors (Lipinski definition) is 4. The summed E-state index contributed by atoms with van der Waals surface area (Å²) in [6, 6.07) is 4.82. The van der Waals surface area contributed by atoms with E-state index in [4.69, 9.17) is 4.74 Å². The van der Waals surface area contributed by atoms with Gasteiger partial charge < -0.3 is 9.64 Å². The van der Waals surface area contributed by atoms with Crippen LogP contribution in [0.15, 0.2) is 18.2 Å². The molecule has 1 aliphatic heterocycles. The SMILES string of the molecule is Cc1cccc(C(=O)N2CCC[C@@H]2C(=O)OC(C)(C)C)n1. The van der Waals surface area contributed by atoms with Gasteiger partial charge in [0.25, 0.3) is 5.91 Å². The standard InChI is InChI=1S/C16H22N2O3/c1-11-7-5-8-12(17-11)14(19)18-10-6-9-13(18)15(20)21-16(2,3)4/h5,7-8,13H,6,9-10H2,1-4H3/t13-/m1/s1.